The molecule has 0 aliphatic heterocycles. The summed E-state index contributed by atoms with van der Waals surface area (Å²) in [5.74, 6) is 0.293. The maximum absolute atomic E-state index is 12.6. The first kappa shape index (κ1) is 14.8. The third-order valence-electron chi connectivity index (χ3n) is 3.45. The fourth-order valence-corrected chi connectivity index (χ4v) is 2.17. The van der Waals surface area contributed by atoms with Crippen LogP contribution in [0.15, 0.2) is 12.1 Å². The summed E-state index contributed by atoms with van der Waals surface area (Å²) in [5, 5.41) is 9.12. The number of rotatable bonds is 4. The Hall–Kier alpha value is -1.62. The minimum Gasteiger partial charge on any atom is -0.395 e. The van der Waals surface area contributed by atoms with Crippen LogP contribution >= 0.6 is 0 Å². The lowest BCUT2D eigenvalue weighted by atomic mass is 9.90. The standard InChI is InChI=1S/C15H23N3O2/c1-15(2,3)12-8-10(9-13(16)17-12)14(20)18(6-7-19)11-4-5-11/h8-9,11,19H,4-7H2,1-3H3,(H2,16,17). The van der Waals surface area contributed by atoms with E-state index in [1.165, 1.54) is 0 Å². The summed E-state index contributed by atoms with van der Waals surface area (Å²) >= 11 is 0. The second-order valence-corrected chi connectivity index (χ2v) is 6.37. The molecular weight excluding hydrogens is 254 g/mol. The first-order valence-electron chi connectivity index (χ1n) is 7.03. The van der Waals surface area contributed by atoms with Crippen LogP contribution in [0.5, 0.6) is 0 Å². The van der Waals surface area contributed by atoms with Gasteiger partial charge in [0.05, 0.1) is 6.61 Å². The van der Waals surface area contributed by atoms with E-state index in [0.29, 0.717) is 17.9 Å². The highest BCUT2D eigenvalue weighted by atomic mass is 16.3. The first-order valence-corrected chi connectivity index (χ1v) is 7.03. The minimum absolute atomic E-state index is 0.0189. The number of amides is 1. The third-order valence-corrected chi connectivity index (χ3v) is 3.45. The van der Waals surface area contributed by atoms with Crippen molar-refractivity contribution in [2.75, 3.05) is 18.9 Å². The molecular formula is C15H23N3O2. The van der Waals surface area contributed by atoms with Crippen molar-refractivity contribution in [1.29, 1.82) is 0 Å². The lowest BCUT2D eigenvalue weighted by Crippen LogP contribution is -2.35. The average Bonchev–Trinajstić information content (AvgIpc) is 3.17. The summed E-state index contributed by atoms with van der Waals surface area (Å²) in [6.07, 6.45) is 2.02. The molecule has 0 saturated heterocycles. The summed E-state index contributed by atoms with van der Waals surface area (Å²) in [4.78, 5) is 18.6. The molecule has 0 atom stereocenters. The fourth-order valence-electron chi connectivity index (χ4n) is 2.17. The van der Waals surface area contributed by atoms with Crippen LogP contribution in [0, 0.1) is 0 Å². The number of hydrogen-bond donors (Lipinski definition) is 2. The Balaban J connectivity index is 2.31. The smallest absolute Gasteiger partial charge is 0.254 e. The van der Waals surface area contributed by atoms with Crippen molar-refractivity contribution in [2.45, 2.75) is 45.1 Å². The quantitative estimate of drug-likeness (QED) is 0.875. The molecule has 1 aliphatic carbocycles. The second kappa shape index (κ2) is 5.40. The highest BCUT2D eigenvalue weighted by Gasteiger charge is 2.33. The predicted octanol–water partition coefficient (Wildman–Crippen LogP) is 1.56. The molecule has 2 rings (SSSR count). The zero-order valence-corrected chi connectivity index (χ0v) is 12.4. The largest absolute Gasteiger partial charge is 0.395 e. The number of nitrogen functional groups attached to an aromatic ring is 1. The molecule has 1 fully saturated rings. The molecule has 20 heavy (non-hydrogen) atoms. The molecule has 0 unspecified atom stereocenters. The van der Waals surface area contributed by atoms with Gasteiger partial charge in [-0.1, -0.05) is 20.8 Å². The summed E-state index contributed by atoms with van der Waals surface area (Å²) in [6, 6.07) is 3.69. The minimum atomic E-state index is -0.161. The van der Waals surface area contributed by atoms with Crippen molar-refractivity contribution in [1.82, 2.24) is 9.88 Å². The van der Waals surface area contributed by atoms with E-state index < -0.39 is 0 Å². The van der Waals surface area contributed by atoms with Gasteiger partial charge in [0.2, 0.25) is 0 Å². The molecule has 1 heterocycles. The lowest BCUT2D eigenvalue weighted by Gasteiger charge is -2.23. The van der Waals surface area contributed by atoms with Crippen LogP contribution in [0.4, 0.5) is 5.82 Å². The van der Waals surface area contributed by atoms with E-state index in [2.05, 4.69) is 4.98 Å². The van der Waals surface area contributed by atoms with E-state index in [-0.39, 0.29) is 24.0 Å². The third kappa shape index (κ3) is 3.28. The number of aromatic nitrogens is 1. The molecule has 1 aromatic rings. The first-order chi connectivity index (χ1) is 9.32. The Kier molecular flexibility index (Phi) is 3.99. The molecule has 3 N–H and O–H groups in total. The molecule has 5 heteroatoms. The molecule has 1 saturated carbocycles. The van der Waals surface area contributed by atoms with Gasteiger partial charge >= 0.3 is 0 Å². The van der Waals surface area contributed by atoms with E-state index >= 15 is 0 Å². The monoisotopic (exact) mass is 277 g/mol. The Morgan fingerprint density at radius 1 is 1.45 bits per heavy atom. The van der Waals surface area contributed by atoms with E-state index in [1.54, 1.807) is 11.0 Å². The summed E-state index contributed by atoms with van der Waals surface area (Å²) in [6.45, 7) is 6.46. The second-order valence-electron chi connectivity index (χ2n) is 6.37. The van der Waals surface area contributed by atoms with Crippen molar-refractivity contribution in [3.05, 3.63) is 23.4 Å². The number of carbonyl (C=O) groups is 1. The van der Waals surface area contributed by atoms with Crippen LogP contribution in [0.3, 0.4) is 0 Å². The van der Waals surface area contributed by atoms with Gasteiger partial charge < -0.3 is 15.7 Å². The summed E-state index contributed by atoms with van der Waals surface area (Å²) in [7, 11) is 0. The molecule has 0 bridgehead atoms. The Morgan fingerprint density at radius 3 is 2.60 bits per heavy atom. The molecule has 0 aromatic carbocycles. The molecule has 1 aromatic heterocycles. The SMILES string of the molecule is CC(C)(C)c1cc(C(=O)N(CCO)C2CC2)cc(N)n1. The van der Waals surface area contributed by atoms with Crippen molar-refractivity contribution in [3.63, 3.8) is 0 Å². The predicted molar refractivity (Wildman–Crippen MR) is 78.5 cm³/mol. The Morgan fingerprint density at radius 2 is 2.10 bits per heavy atom. The summed E-state index contributed by atoms with van der Waals surface area (Å²) in [5.41, 5.74) is 7.03. The number of carbonyl (C=O) groups excluding carboxylic acids is 1. The van der Waals surface area contributed by atoms with Gasteiger partial charge in [-0.25, -0.2) is 4.98 Å². The zero-order chi connectivity index (χ0) is 14.9. The van der Waals surface area contributed by atoms with E-state index in [9.17, 15) is 4.79 Å². The van der Waals surface area contributed by atoms with Crippen LogP contribution in [0.2, 0.25) is 0 Å². The number of aliphatic hydroxyl groups excluding tert-OH is 1. The highest BCUT2D eigenvalue weighted by molar-refractivity contribution is 5.95. The maximum atomic E-state index is 12.6. The van der Waals surface area contributed by atoms with Crippen LogP contribution in [0.25, 0.3) is 0 Å². The average molecular weight is 277 g/mol. The Bertz CT molecular complexity index is 504. The van der Waals surface area contributed by atoms with Gasteiger partial charge in [-0.2, -0.15) is 0 Å². The molecule has 0 spiro atoms. The summed E-state index contributed by atoms with van der Waals surface area (Å²) < 4.78 is 0. The van der Waals surface area contributed by atoms with Crippen LogP contribution in [0.1, 0.15) is 49.7 Å². The van der Waals surface area contributed by atoms with Crippen LogP contribution in [-0.2, 0) is 5.41 Å². The van der Waals surface area contributed by atoms with E-state index in [0.717, 1.165) is 18.5 Å². The molecule has 110 valence electrons. The molecule has 1 aliphatic rings. The van der Waals surface area contributed by atoms with E-state index in [1.807, 2.05) is 26.8 Å². The number of nitrogens with zero attached hydrogens (tertiary/aromatic N) is 2. The molecule has 1 amide bonds. The van der Waals surface area contributed by atoms with Gasteiger partial charge in [-0.05, 0) is 25.0 Å². The number of aliphatic hydroxyl groups is 1. The van der Waals surface area contributed by atoms with Gasteiger partial charge in [0.15, 0.2) is 0 Å². The highest BCUT2D eigenvalue weighted by Crippen LogP contribution is 2.29. The number of nitrogens with two attached hydrogens (primary N) is 1. The fraction of sp³-hybridized carbons (Fsp3) is 0.600. The van der Waals surface area contributed by atoms with Gasteiger partial charge in [0, 0.05) is 29.3 Å². The van der Waals surface area contributed by atoms with Gasteiger partial charge in [0.1, 0.15) is 5.82 Å². The maximum Gasteiger partial charge on any atom is 0.254 e. The topological polar surface area (TPSA) is 79.5 Å². The van der Waals surface area contributed by atoms with Crippen molar-refractivity contribution < 1.29 is 9.90 Å². The number of pyridine rings is 1. The number of anilines is 1. The van der Waals surface area contributed by atoms with Crippen LogP contribution < -0.4 is 5.73 Å². The van der Waals surface area contributed by atoms with Gasteiger partial charge in [-0.15, -0.1) is 0 Å². The number of hydrogen-bond acceptors (Lipinski definition) is 4. The molecule has 5 nitrogen and oxygen atoms in total. The van der Waals surface area contributed by atoms with Gasteiger partial charge in [0.25, 0.3) is 5.91 Å². The van der Waals surface area contributed by atoms with Crippen molar-refractivity contribution >= 4 is 11.7 Å². The Labute approximate surface area is 119 Å². The van der Waals surface area contributed by atoms with Crippen LogP contribution in [-0.4, -0.2) is 40.1 Å². The normalized spacial score (nSPS) is 15.2. The van der Waals surface area contributed by atoms with E-state index in [4.69, 9.17) is 10.8 Å². The lowest BCUT2D eigenvalue weighted by molar-refractivity contribution is 0.0707. The zero-order valence-electron chi connectivity index (χ0n) is 12.4. The van der Waals surface area contributed by atoms with Crippen molar-refractivity contribution in [2.24, 2.45) is 0 Å². The van der Waals surface area contributed by atoms with Gasteiger partial charge in [-0.3, -0.25) is 4.79 Å². The molecule has 0 radical (unpaired) electrons. The van der Waals surface area contributed by atoms with Crippen molar-refractivity contribution in [3.8, 4) is 0 Å².